The molecule has 0 fully saturated rings. The van der Waals surface area contributed by atoms with E-state index in [9.17, 15) is 58.5 Å². The molecule has 0 saturated carbocycles. The van der Waals surface area contributed by atoms with E-state index in [2.05, 4.69) is 21.4 Å². The van der Waals surface area contributed by atoms with Gasteiger partial charge in [-0.1, -0.05) is 74.5 Å². The fourth-order valence-electron chi connectivity index (χ4n) is 4.33. The molecule has 2 rings (SSSR count). The summed E-state index contributed by atoms with van der Waals surface area (Å²) in [5.74, 6) is -10.2. The lowest BCUT2D eigenvalue weighted by Gasteiger charge is -2.28. The van der Waals surface area contributed by atoms with Gasteiger partial charge in [-0.15, -0.1) is 0 Å². The maximum absolute atomic E-state index is 13.4. The molecule has 0 heterocycles. The molecule has 2 aromatic carbocycles. The summed E-state index contributed by atoms with van der Waals surface area (Å²) in [5, 5.41) is 34.9. The van der Waals surface area contributed by atoms with Crippen LogP contribution in [0.4, 0.5) is 4.79 Å². The molecular formula is C34H39N5O13. The number of amides is 5. The number of hydrazine groups is 1. The molecule has 5 amide bonds. The van der Waals surface area contributed by atoms with Crippen molar-refractivity contribution >= 4 is 53.4 Å². The van der Waals surface area contributed by atoms with Gasteiger partial charge < -0.3 is 36.0 Å². The third-order valence-electron chi connectivity index (χ3n) is 6.97. The summed E-state index contributed by atoms with van der Waals surface area (Å²) >= 11 is 0. The van der Waals surface area contributed by atoms with Gasteiger partial charge in [-0.05, 0) is 24.0 Å². The zero-order valence-electron chi connectivity index (χ0n) is 28.1. The average molecular weight is 726 g/mol. The van der Waals surface area contributed by atoms with Crippen molar-refractivity contribution in [3.05, 3.63) is 83.9 Å². The van der Waals surface area contributed by atoms with Crippen LogP contribution in [0.25, 0.3) is 0 Å². The van der Waals surface area contributed by atoms with Gasteiger partial charge in [0.25, 0.3) is 11.8 Å². The number of allylic oxidation sites excluding steroid dienone is 1. The average Bonchev–Trinajstić information content (AvgIpc) is 3.09. The molecule has 2 aromatic rings. The number of hydrogen-bond donors (Lipinski definition) is 7. The SMILES string of the molecule is CC(C)[C@H](NC(=O)[C@H](CCC(=O)O)NC(=O)[C@H](CC(=O)O)NC(=O)OCc1ccccc1)C(=O)NN(CC(=O)O)C(=O)C=CC(=O)c1ccccc1. The van der Waals surface area contributed by atoms with Crippen LogP contribution >= 0.6 is 0 Å². The normalized spacial score (nSPS) is 12.4. The maximum Gasteiger partial charge on any atom is 0.408 e. The summed E-state index contributed by atoms with van der Waals surface area (Å²) in [5.41, 5.74) is 2.92. The number of carbonyl (C=O) groups excluding carboxylic acids is 6. The minimum absolute atomic E-state index is 0.214. The molecule has 0 bridgehead atoms. The molecule has 0 spiro atoms. The Bertz CT molecular complexity index is 1650. The molecule has 3 atom stereocenters. The van der Waals surface area contributed by atoms with Gasteiger partial charge in [-0.25, -0.2) is 9.80 Å². The highest BCUT2D eigenvalue weighted by atomic mass is 16.5. The summed E-state index contributed by atoms with van der Waals surface area (Å²) in [6.07, 6.45) is -1.68. The molecule has 0 aliphatic rings. The Morgan fingerprint density at radius 1 is 0.712 bits per heavy atom. The number of aliphatic carboxylic acids is 3. The number of nitrogens with zero attached hydrogens (tertiary/aromatic N) is 1. The van der Waals surface area contributed by atoms with Crippen molar-refractivity contribution < 1.29 is 63.2 Å². The molecule has 0 unspecified atom stereocenters. The first-order valence-electron chi connectivity index (χ1n) is 15.7. The predicted octanol–water partition coefficient (Wildman–Crippen LogP) is 0.630. The number of rotatable bonds is 19. The number of benzene rings is 2. The van der Waals surface area contributed by atoms with Crippen molar-refractivity contribution in [1.29, 1.82) is 0 Å². The molecule has 0 aliphatic heterocycles. The Hall–Kier alpha value is -6.59. The van der Waals surface area contributed by atoms with E-state index < -0.39 is 103 Å². The Morgan fingerprint density at radius 3 is 1.87 bits per heavy atom. The van der Waals surface area contributed by atoms with Gasteiger partial charge in [-0.3, -0.25) is 43.8 Å². The first-order valence-corrected chi connectivity index (χ1v) is 15.7. The number of carboxylic acid groups (broad SMARTS) is 3. The quantitative estimate of drug-likeness (QED) is 0.0596. The van der Waals surface area contributed by atoms with E-state index in [1.165, 1.54) is 26.0 Å². The number of carbonyl (C=O) groups is 9. The van der Waals surface area contributed by atoms with E-state index in [0.29, 0.717) is 10.6 Å². The Labute approximate surface area is 297 Å². The predicted molar refractivity (Wildman–Crippen MR) is 179 cm³/mol. The van der Waals surface area contributed by atoms with Crippen molar-refractivity contribution in [3.63, 3.8) is 0 Å². The van der Waals surface area contributed by atoms with Crippen LogP contribution in [-0.4, -0.2) is 98.4 Å². The lowest BCUT2D eigenvalue weighted by Crippen LogP contribution is -2.60. The molecule has 18 nitrogen and oxygen atoms in total. The van der Waals surface area contributed by atoms with Gasteiger partial charge in [-0.2, -0.15) is 0 Å². The Balaban J connectivity index is 2.20. The van der Waals surface area contributed by atoms with Crippen molar-refractivity contribution in [2.45, 2.75) is 57.8 Å². The molecule has 52 heavy (non-hydrogen) atoms. The monoisotopic (exact) mass is 725 g/mol. The van der Waals surface area contributed by atoms with Crippen LogP contribution in [-0.2, 0) is 44.9 Å². The highest BCUT2D eigenvalue weighted by Crippen LogP contribution is 2.08. The second-order valence-corrected chi connectivity index (χ2v) is 11.4. The first kappa shape index (κ1) is 41.6. The Kier molecular flexibility index (Phi) is 16.6. The van der Waals surface area contributed by atoms with Crippen LogP contribution in [0.5, 0.6) is 0 Å². The lowest BCUT2D eigenvalue weighted by molar-refractivity contribution is -0.148. The largest absolute Gasteiger partial charge is 0.481 e. The van der Waals surface area contributed by atoms with Crippen LogP contribution < -0.4 is 21.4 Å². The molecule has 7 N–H and O–H groups in total. The number of carboxylic acids is 3. The summed E-state index contributed by atoms with van der Waals surface area (Å²) in [7, 11) is 0. The molecule has 18 heteroatoms. The van der Waals surface area contributed by atoms with Crippen molar-refractivity contribution in [3.8, 4) is 0 Å². The van der Waals surface area contributed by atoms with Crippen molar-refractivity contribution in [2.24, 2.45) is 5.92 Å². The summed E-state index contributed by atoms with van der Waals surface area (Å²) in [6, 6.07) is 11.3. The fraction of sp³-hybridized carbons (Fsp3) is 0.324. The summed E-state index contributed by atoms with van der Waals surface area (Å²) in [6.45, 7) is 1.69. The number of hydrogen-bond acceptors (Lipinski definition) is 10. The number of alkyl carbamates (subject to hydrolysis) is 1. The van der Waals surface area contributed by atoms with Gasteiger partial charge in [0, 0.05) is 18.1 Å². The fourth-order valence-corrected chi connectivity index (χ4v) is 4.33. The van der Waals surface area contributed by atoms with Crippen LogP contribution in [0, 0.1) is 5.92 Å². The minimum Gasteiger partial charge on any atom is -0.481 e. The molecule has 0 radical (unpaired) electrons. The van der Waals surface area contributed by atoms with E-state index in [1.54, 1.807) is 48.5 Å². The molecule has 0 aliphatic carbocycles. The molecule has 0 aromatic heterocycles. The van der Waals surface area contributed by atoms with Crippen molar-refractivity contribution in [1.82, 2.24) is 26.4 Å². The second-order valence-electron chi connectivity index (χ2n) is 11.4. The van der Waals surface area contributed by atoms with Crippen LogP contribution in [0.2, 0.25) is 0 Å². The van der Waals surface area contributed by atoms with Crippen molar-refractivity contribution in [2.75, 3.05) is 6.54 Å². The van der Waals surface area contributed by atoms with Crippen LogP contribution in [0.15, 0.2) is 72.8 Å². The van der Waals surface area contributed by atoms with Gasteiger partial charge in [0.15, 0.2) is 5.78 Å². The van der Waals surface area contributed by atoms with E-state index in [0.717, 1.165) is 12.2 Å². The van der Waals surface area contributed by atoms with Gasteiger partial charge >= 0.3 is 24.0 Å². The third kappa shape index (κ3) is 14.9. The standard InChI is InChI=1S/C34H39N5O13/c1-20(2)30(33(50)38-39(18-29(46)47)26(41)15-14-25(40)22-11-7-4-8-12-22)37-31(48)23(13-16-27(42)43)35-32(49)24(17-28(44)45)36-34(51)52-19-21-9-5-3-6-10-21/h3-12,14-15,20,23-24,30H,13,16-19H2,1-2H3,(H,35,49)(H,36,51)(H,37,48)(H,38,50)(H,42,43)(H,44,45)(H,46,47)/t23-,24-,30-/m0/s1. The first-order chi connectivity index (χ1) is 24.6. The van der Waals surface area contributed by atoms with Gasteiger partial charge in [0.2, 0.25) is 11.8 Å². The maximum atomic E-state index is 13.4. The number of ketones is 1. The molecular weight excluding hydrogens is 686 g/mol. The highest BCUT2D eigenvalue weighted by Gasteiger charge is 2.33. The van der Waals surface area contributed by atoms with Gasteiger partial charge in [0.05, 0.1) is 6.42 Å². The Morgan fingerprint density at radius 2 is 1.31 bits per heavy atom. The van der Waals surface area contributed by atoms with E-state index in [1.807, 2.05) is 0 Å². The molecule has 278 valence electrons. The topological polar surface area (TPSA) is 275 Å². The lowest BCUT2D eigenvalue weighted by atomic mass is 10.0. The number of ether oxygens (including phenoxy) is 1. The van der Waals surface area contributed by atoms with E-state index >= 15 is 0 Å². The van der Waals surface area contributed by atoms with Gasteiger partial charge in [0.1, 0.15) is 31.3 Å². The van der Waals surface area contributed by atoms with E-state index in [-0.39, 0.29) is 12.2 Å². The highest BCUT2D eigenvalue weighted by molar-refractivity contribution is 6.08. The second kappa shape index (κ2) is 20.8. The van der Waals surface area contributed by atoms with Crippen LogP contribution in [0.3, 0.4) is 0 Å². The summed E-state index contributed by atoms with van der Waals surface area (Å²) < 4.78 is 5.04. The third-order valence-corrected chi connectivity index (χ3v) is 6.97. The zero-order chi connectivity index (χ0) is 38.8. The minimum atomic E-state index is -1.78. The smallest absolute Gasteiger partial charge is 0.408 e. The zero-order valence-corrected chi connectivity index (χ0v) is 28.1. The van der Waals surface area contributed by atoms with E-state index in [4.69, 9.17) is 4.74 Å². The molecule has 0 saturated heterocycles. The van der Waals surface area contributed by atoms with Crippen LogP contribution in [0.1, 0.15) is 49.0 Å². The summed E-state index contributed by atoms with van der Waals surface area (Å²) in [4.78, 5) is 112. The number of nitrogens with one attached hydrogen (secondary N) is 4.